The summed E-state index contributed by atoms with van der Waals surface area (Å²) in [5.41, 5.74) is 4.52. The molecule has 0 N–H and O–H groups in total. The van der Waals surface area contributed by atoms with Crippen molar-refractivity contribution in [2.75, 3.05) is 6.61 Å². The summed E-state index contributed by atoms with van der Waals surface area (Å²) in [6, 6.07) is 17.3. The van der Waals surface area contributed by atoms with Crippen molar-refractivity contribution in [1.82, 2.24) is 0 Å². The molecule has 2 aromatic rings. The standard InChI is InChI=1S/C28H36O3/c1-6-7-8-13-18-30-25(29)31-24-27(4,5)21-15-10-12-17-23(21)28(24)19-26(2,3)20-14-9-11-16-22(20)28/h9-12,14-17,24H,6-8,13,18-19H2,1-5H3. The van der Waals surface area contributed by atoms with Crippen LogP contribution in [0, 0.1) is 0 Å². The van der Waals surface area contributed by atoms with Gasteiger partial charge in [-0.2, -0.15) is 0 Å². The van der Waals surface area contributed by atoms with Gasteiger partial charge in [0.2, 0.25) is 0 Å². The lowest BCUT2D eigenvalue weighted by Gasteiger charge is -2.39. The fourth-order valence-electron chi connectivity index (χ4n) is 6.22. The first-order chi connectivity index (χ1) is 14.7. The quantitative estimate of drug-likeness (QED) is 0.371. The highest BCUT2D eigenvalue weighted by Crippen LogP contribution is 2.63. The molecule has 166 valence electrons. The Kier molecular flexibility index (Phi) is 5.66. The van der Waals surface area contributed by atoms with Crippen molar-refractivity contribution in [3.05, 3.63) is 70.8 Å². The molecule has 0 bridgehead atoms. The molecule has 4 rings (SSSR count). The van der Waals surface area contributed by atoms with Gasteiger partial charge in [-0.05, 0) is 40.5 Å². The maximum Gasteiger partial charge on any atom is 0.508 e. The number of carbonyl (C=O) groups is 1. The molecule has 31 heavy (non-hydrogen) atoms. The minimum Gasteiger partial charge on any atom is -0.434 e. The van der Waals surface area contributed by atoms with E-state index in [4.69, 9.17) is 9.47 Å². The van der Waals surface area contributed by atoms with E-state index in [1.165, 1.54) is 28.7 Å². The molecule has 2 aromatic carbocycles. The van der Waals surface area contributed by atoms with Crippen molar-refractivity contribution in [2.24, 2.45) is 0 Å². The highest BCUT2D eigenvalue weighted by molar-refractivity contribution is 5.66. The summed E-state index contributed by atoms with van der Waals surface area (Å²) >= 11 is 0. The van der Waals surface area contributed by atoms with Gasteiger partial charge in [0, 0.05) is 5.41 Å². The van der Waals surface area contributed by atoms with Crippen LogP contribution in [0.4, 0.5) is 4.79 Å². The molecule has 2 aliphatic carbocycles. The molecule has 3 heteroatoms. The Morgan fingerprint density at radius 1 is 0.871 bits per heavy atom. The Morgan fingerprint density at radius 2 is 1.45 bits per heavy atom. The first kappa shape index (κ1) is 21.9. The lowest BCUT2D eigenvalue weighted by atomic mass is 9.70. The fourth-order valence-corrected chi connectivity index (χ4v) is 6.22. The van der Waals surface area contributed by atoms with Crippen LogP contribution in [0.15, 0.2) is 48.5 Å². The van der Waals surface area contributed by atoms with E-state index < -0.39 is 6.16 Å². The average Bonchev–Trinajstić information content (AvgIpc) is 3.09. The first-order valence-electron chi connectivity index (χ1n) is 11.8. The van der Waals surface area contributed by atoms with Crippen LogP contribution in [0.5, 0.6) is 0 Å². The van der Waals surface area contributed by atoms with E-state index in [0.29, 0.717) is 6.61 Å². The van der Waals surface area contributed by atoms with Crippen LogP contribution in [0.1, 0.15) is 89.0 Å². The summed E-state index contributed by atoms with van der Waals surface area (Å²) in [5, 5.41) is 0. The van der Waals surface area contributed by atoms with Gasteiger partial charge in [0.15, 0.2) is 0 Å². The van der Waals surface area contributed by atoms with Crippen molar-refractivity contribution in [2.45, 2.75) is 89.1 Å². The third kappa shape index (κ3) is 3.46. The molecule has 1 spiro atoms. The van der Waals surface area contributed by atoms with E-state index in [2.05, 4.69) is 83.1 Å². The molecular formula is C28H36O3. The summed E-state index contributed by atoms with van der Waals surface area (Å²) in [7, 11) is 0. The molecule has 0 aromatic heterocycles. The number of carbonyl (C=O) groups excluding carboxylic acids is 1. The third-order valence-electron chi connectivity index (χ3n) is 7.49. The maximum atomic E-state index is 12.8. The number of hydrogen-bond acceptors (Lipinski definition) is 3. The van der Waals surface area contributed by atoms with Crippen molar-refractivity contribution in [3.8, 4) is 0 Å². The van der Waals surface area contributed by atoms with Crippen molar-refractivity contribution < 1.29 is 14.3 Å². The van der Waals surface area contributed by atoms with Crippen molar-refractivity contribution >= 4 is 6.16 Å². The van der Waals surface area contributed by atoms with Crippen LogP contribution in [0.2, 0.25) is 0 Å². The minimum absolute atomic E-state index is 0.00417. The molecule has 0 fully saturated rings. The summed E-state index contributed by atoms with van der Waals surface area (Å²) in [5.74, 6) is 0. The first-order valence-corrected chi connectivity index (χ1v) is 11.8. The van der Waals surface area contributed by atoms with Gasteiger partial charge < -0.3 is 9.47 Å². The fraction of sp³-hybridized carbons (Fsp3) is 0.536. The molecule has 0 aliphatic heterocycles. The number of unbranched alkanes of at least 4 members (excludes halogenated alkanes) is 3. The molecule has 2 aliphatic rings. The second-order valence-electron chi connectivity index (χ2n) is 10.5. The van der Waals surface area contributed by atoms with Crippen LogP contribution in [-0.4, -0.2) is 18.9 Å². The van der Waals surface area contributed by atoms with E-state index in [-0.39, 0.29) is 22.3 Å². The predicted molar refractivity (Wildman–Crippen MR) is 125 cm³/mol. The Morgan fingerprint density at radius 3 is 2.10 bits per heavy atom. The smallest absolute Gasteiger partial charge is 0.434 e. The SMILES string of the molecule is CCCCCCOC(=O)OC1C(C)(C)c2ccccc2C12CC(C)(C)c1ccccc12. The molecule has 0 saturated carbocycles. The lowest BCUT2D eigenvalue weighted by Crippen LogP contribution is -2.46. The predicted octanol–water partition coefficient (Wildman–Crippen LogP) is 7.05. The lowest BCUT2D eigenvalue weighted by molar-refractivity contribution is -0.0226. The van der Waals surface area contributed by atoms with Crippen LogP contribution >= 0.6 is 0 Å². The van der Waals surface area contributed by atoms with Gasteiger partial charge in [-0.15, -0.1) is 0 Å². The van der Waals surface area contributed by atoms with Crippen LogP contribution in [0.25, 0.3) is 0 Å². The van der Waals surface area contributed by atoms with Crippen molar-refractivity contribution in [3.63, 3.8) is 0 Å². The van der Waals surface area contributed by atoms with E-state index in [0.717, 1.165) is 25.7 Å². The largest absolute Gasteiger partial charge is 0.508 e. The molecule has 0 heterocycles. The van der Waals surface area contributed by atoms with E-state index in [1.807, 2.05) is 0 Å². The Balaban J connectivity index is 1.72. The molecule has 2 unspecified atom stereocenters. The number of hydrogen-bond donors (Lipinski definition) is 0. The van der Waals surface area contributed by atoms with E-state index in [9.17, 15) is 4.79 Å². The molecule has 0 amide bonds. The number of benzene rings is 2. The minimum atomic E-state index is -0.538. The normalized spacial score (nSPS) is 24.6. The Bertz CT molecular complexity index is 945. The number of ether oxygens (including phenoxy) is 2. The zero-order chi connectivity index (χ0) is 22.3. The average molecular weight is 421 g/mol. The molecular weight excluding hydrogens is 384 g/mol. The van der Waals surface area contributed by atoms with Crippen LogP contribution in [0.3, 0.4) is 0 Å². The summed E-state index contributed by atoms with van der Waals surface area (Å²) in [6.07, 6.45) is 4.35. The van der Waals surface area contributed by atoms with Gasteiger partial charge in [0.05, 0.1) is 12.0 Å². The van der Waals surface area contributed by atoms with Gasteiger partial charge in [-0.25, -0.2) is 4.79 Å². The summed E-state index contributed by atoms with van der Waals surface area (Å²) in [6.45, 7) is 11.6. The highest BCUT2D eigenvalue weighted by atomic mass is 16.7. The van der Waals surface area contributed by atoms with Crippen LogP contribution < -0.4 is 0 Å². The second-order valence-corrected chi connectivity index (χ2v) is 10.5. The summed E-state index contributed by atoms with van der Waals surface area (Å²) in [4.78, 5) is 12.8. The van der Waals surface area contributed by atoms with E-state index in [1.54, 1.807) is 0 Å². The number of rotatable bonds is 6. The Labute approximate surface area is 187 Å². The van der Waals surface area contributed by atoms with Gasteiger partial charge in [-0.3, -0.25) is 0 Å². The van der Waals surface area contributed by atoms with Gasteiger partial charge in [0.25, 0.3) is 0 Å². The summed E-state index contributed by atoms with van der Waals surface area (Å²) < 4.78 is 11.8. The van der Waals surface area contributed by atoms with Gasteiger partial charge in [-0.1, -0.05) is 102 Å². The van der Waals surface area contributed by atoms with Crippen LogP contribution in [-0.2, 0) is 25.7 Å². The van der Waals surface area contributed by atoms with Gasteiger partial charge in [0.1, 0.15) is 6.10 Å². The highest BCUT2D eigenvalue weighted by Gasteiger charge is 2.64. The number of fused-ring (bicyclic) bond motifs is 4. The zero-order valence-corrected chi connectivity index (χ0v) is 19.7. The monoisotopic (exact) mass is 420 g/mol. The molecule has 0 saturated heterocycles. The van der Waals surface area contributed by atoms with E-state index >= 15 is 0 Å². The maximum absolute atomic E-state index is 12.8. The molecule has 3 nitrogen and oxygen atoms in total. The van der Waals surface area contributed by atoms with Crippen molar-refractivity contribution in [1.29, 1.82) is 0 Å². The van der Waals surface area contributed by atoms with Gasteiger partial charge >= 0.3 is 6.16 Å². The molecule has 2 atom stereocenters. The second kappa shape index (κ2) is 8.00. The zero-order valence-electron chi connectivity index (χ0n) is 19.7. The Hall–Kier alpha value is -2.29. The topological polar surface area (TPSA) is 35.5 Å². The molecule has 0 radical (unpaired) electrons. The third-order valence-corrected chi connectivity index (χ3v) is 7.49.